The van der Waals surface area contributed by atoms with Gasteiger partial charge in [-0.05, 0) is 42.0 Å². The maximum Gasteiger partial charge on any atom is 0.215 e. The molecule has 0 radical (unpaired) electrons. The molecular weight excluding hydrogens is 523 g/mol. The zero-order chi connectivity index (χ0) is 21.6. The van der Waals surface area contributed by atoms with Crippen LogP contribution in [0.4, 0.5) is 0 Å². The molecule has 3 rings (SSSR count). The fourth-order valence-corrected chi connectivity index (χ4v) is 4.87. The molecule has 31 heavy (non-hydrogen) atoms. The van der Waals surface area contributed by atoms with Gasteiger partial charge in [0.15, 0.2) is 5.96 Å². The second-order valence-electron chi connectivity index (χ2n) is 7.91. The summed E-state index contributed by atoms with van der Waals surface area (Å²) in [6.07, 6.45) is 1.11. The minimum Gasteiger partial charge on any atom is -0.352 e. The highest BCUT2D eigenvalue weighted by molar-refractivity contribution is 14.0. The molecule has 0 bridgehead atoms. The van der Waals surface area contributed by atoms with E-state index in [0.29, 0.717) is 18.4 Å². The van der Waals surface area contributed by atoms with Crippen LogP contribution < -0.4 is 10.0 Å². The van der Waals surface area contributed by atoms with Crippen molar-refractivity contribution in [2.75, 3.05) is 27.2 Å². The Labute approximate surface area is 203 Å². The Hall–Kier alpha value is -1.65. The number of aliphatic imine (C=N–C) groups is 1. The Kier molecular flexibility index (Phi) is 9.77. The van der Waals surface area contributed by atoms with Crippen LogP contribution in [0.5, 0.6) is 0 Å². The topological polar surface area (TPSA) is 73.8 Å². The van der Waals surface area contributed by atoms with Gasteiger partial charge in [-0.15, -0.1) is 24.0 Å². The van der Waals surface area contributed by atoms with E-state index < -0.39 is 10.0 Å². The van der Waals surface area contributed by atoms with E-state index in [0.717, 1.165) is 36.6 Å². The minimum absolute atomic E-state index is 0. The first-order chi connectivity index (χ1) is 14.4. The zero-order valence-electron chi connectivity index (χ0n) is 18.4. The van der Waals surface area contributed by atoms with Crippen molar-refractivity contribution in [3.63, 3.8) is 0 Å². The Balaban J connectivity index is 0.00000341. The first-order valence-electron chi connectivity index (χ1n) is 10.4. The van der Waals surface area contributed by atoms with Crippen molar-refractivity contribution >= 4 is 40.0 Å². The molecule has 1 fully saturated rings. The lowest BCUT2D eigenvalue weighted by molar-refractivity contribution is 0.234. The Morgan fingerprint density at radius 2 is 1.74 bits per heavy atom. The van der Waals surface area contributed by atoms with E-state index in [4.69, 9.17) is 0 Å². The summed E-state index contributed by atoms with van der Waals surface area (Å²) < 4.78 is 25.7. The number of rotatable bonds is 6. The van der Waals surface area contributed by atoms with Crippen LogP contribution in [-0.2, 0) is 22.3 Å². The fourth-order valence-electron chi connectivity index (χ4n) is 4.09. The van der Waals surface area contributed by atoms with E-state index in [1.807, 2.05) is 31.3 Å². The zero-order valence-corrected chi connectivity index (χ0v) is 21.6. The first kappa shape index (κ1) is 25.6. The Morgan fingerprint density at radius 3 is 2.32 bits per heavy atom. The van der Waals surface area contributed by atoms with Gasteiger partial charge in [-0.3, -0.25) is 4.99 Å². The molecule has 2 unspecified atom stereocenters. The molecule has 170 valence electrons. The van der Waals surface area contributed by atoms with Gasteiger partial charge in [0.05, 0.1) is 5.75 Å². The van der Waals surface area contributed by atoms with Gasteiger partial charge in [0.1, 0.15) is 0 Å². The van der Waals surface area contributed by atoms with Gasteiger partial charge in [-0.1, -0.05) is 61.5 Å². The number of hydrogen-bond acceptors (Lipinski definition) is 3. The molecule has 0 aromatic heterocycles. The number of benzene rings is 2. The Bertz CT molecular complexity index is 949. The van der Waals surface area contributed by atoms with Crippen molar-refractivity contribution in [1.29, 1.82) is 0 Å². The van der Waals surface area contributed by atoms with Crippen LogP contribution in [-0.4, -0.2) is 46.5 Å². The molecule has 6 nitrogen and oxygen atoms in total. The number of nitrogens with zero attached hydrogens (tertiary/aromatic N) is 2. The maximum absolute atomic E-state index is 11.7. The molecule has 0 spiro atoms. The summed E-state index contributed by atoms with van der Waals surface area (Å²) in [6, 6.07) is 18.4. The highest BCUT2D eigenvalue weighted by atomic mass is 127. The summed E-state index contributed by atoms with van der Waals surface area (Å²) in [4.78, 5) is 6.81. The van der Waals surface area contributed by atoms with Gasteiger partial charge in [-0.2, -0.15) is 0 Å². The average molecular weight is 557 g/mol. The smallest absolute Gasteiger partial charge is 0.215 e. The van der Waals surface area contributed by atoms with Crippen molar-refractivity contribution in [3.8, 4) is 0 Å². The molecule has 0 amide bonds. The highest BCUT2D eigenvalue weighted by Crippen LogP contribution is 2.32. The second-order valence-corrected chi connectivity index (χ2v) is 9.84. The van der Waals surface area contributed by atoms with Crippen molar-refractivity contribution in [2.45, 2.75) is 31.6 Å². The molecule has 0 saturated carbocycles. The van der Waals surface area contributed by atoms with Crippen molar-refractivity contribution in [3.05, 3.63) is 71.3 Å². The molecule has 8 heteroatoms. The van der Waals surface area contributed by atoms with Crippen LogP contribution in [0.3, 0.4) is 0 Å². The SMILES string of the molecule is CN=C(NCc1ccc(CS(=O)(=O)NC)cc1)N1CCC(c2ccccc2)C(C)C1.I. The lowest BCUT2D eigenvalue weighted by Crippen LogP contribution is -2.47. The number of sulfonamides is 1. The van der Waals surface area contributed by atoms with E-state index in [2.05, 4.69) is 57.2 Å². The second kappa shape index (κ2) is 11.8. The number of piperidine rings is 1. The van der Waals surface area contributed by atoms with E-state index in [1.54, 1.807) is 0 Å². The molecule has 0 aliphatic carbocycles. The molecule has 1 aliphatic heterocycles. The quantitative estimate of drug-likeness (QED) is 0.325. The van der Waals surface area contributed by atoms with Crippen LogP contribution in [0.2, 0.25) is 0 Å². The van der Waals surface area contributed by atoms with E-state index >= 15 is 0 Å². The molecule has 1 saturated heterocycles. The van der Waals surface area contributed by atoms with E-state index in [-0.39, 0.29) is 29.7 Å². The third-order valence-corrected chi connectivity index (χ3v) is 7.12. The summed E-state index contributed by atoms with van der Waals surface area (Å²) in [7, 11) is 0.00376. The molecule has 1 heterocycles. The normalized spacial score (nSPS) is 19.6. The number of guanidine groups is 1. The first-order valence-corrected chi connectivity index (χ1v) is 12.1. The third-order valence-electron chi connectivity index (χ3n) is 5.79. The van der Waals surface area contributed by atoms with Crippen LogP contribution in [0.1, 0.15) is 36.0 Å². The van der Waals surface area contributed by atoms with Crippen molar-refractivity contribution in [2.24, 2.45) is 10.9 Å². The van der Waals surface area contributed by atoms with E-state index in [1.165, 1.54) is 12.6 Å². The molecule has 2 N–H and O–H groups in total. The summed E-state index contributed by atoms with van der Waals surface area (Å²) in [5.41, 5.74) is 3.29. The van der Waals surface area contributed by atoms with Gasteiger partial charge >= 0.3 is 0 Å². The highest BCUT2D eigenvalue weighted by Gasteiger charge is 2.28. The molecule has 2 atom stereocenters. The van der Waals surface area contributed by atoms with Crippen LogP contribution in [0, 0.1) is 5.92 Å². The van der Waals surface area contributed by atoms with Gasteiger partial charge in [-0.25, -0.2) is 13.1 Å². The number of likely N-dealkylation sites (tertiary alicyclic amines) is 1. The summed E-state index contributed by atoms with van der Waals surface area (Å²) in [6.45, 7) is 4.91. The lowest BCUT2D eigenvalue weighted by Gasteiger charge is -2.39. The molecular formula is C23H33IN4O2S. The fraction of sp³-hybridized carbons (Fsp3) is 0.435. The predicted molar refractivity (Wildman–Crippen MR) is 138 cm³/mol. The van der Waals surface area contributed by atoms with Gasteiger partial charge in [0.2, 0.25) is 10.0 Å². The largest absolute Gasteiger partial charge is 0.352 e. The number of hydrogen-bond donors (Lipinski definition) is 2. The summed E-state index contributed by atoms with van der Waals surface area (Å²) >= 11 is 0. The molecule has 2 aromatic carbocycles. The monoisotopic (exact) mass is 556 g/mol. The predicted octanol–water partition coefficient (Wildman–Crippen LogP) is 3.55. The average Bonchev–Trinajstić information content (AvgIpc) is 2.76. The summed E-state index contributed by atoms with van der Waals surface area (Å²) in [5.74, 6) is 2.04. The van der Waals surface area contributed by atoms with Gasteiger partial charge < -0.3 is 10.2 Å². The van der Waals surface area contributed by atoms with Crippen molar-refractivity contribution < 1.29 is 8.42 Å². The molecule has 1 aliphatic rings. The van der Waals surface area contributed by atoms with Crippen LogP contribution in [0.15, 0.2) is 59.6 Å². The number of nitrogens with one attached hydrogen (secondary N) is 2. The third kappa shape index (κ3) is 7.18. The van der Waals surface area contributed by atoms with Crippen LogP contribution >= 0.6 is 24.0 Å². The van der Waals surface area contributed by atoms with Crippen LogP contribution in [0.25, 0.3) is 0 Å². The maximum atomic E-state index is 11.7. The van der Waals surface area contributed by atoms with Crippen molar-refractivity contribution in [1.82, 2.24) is 14.9 Å². The van der Waals surface area contributed by atoms with Gasteiger partial charge in [0, 0.05) is 26.7 Å². The standard InChI is InChI=1S/C23H32N4O2S.HI/c1-18-16-27(14-13-22(18)21-7-5-4-6-8-21)23(24-2)26-15-19-9-11-20(12-10-19)17-30(28,29)25-3;/h4-12,18,22,25H,13-17H2,1-3H3,(H,24,26);1H. The van der Waals surface area contributed by atoms with Gasteiger partial charge in [0.25, 0.3) is 0 Å². The summed E-state index contributed by atoms with van der Waals surface area (Å²) in [5, 5.41) is 3.45. The van der Waals surface area contributed by atoms with E-state index in [9.17, 15) is 8.42 Å². The Morgan fingerprint density at radius 1 is 1.10 bits per heavy atom. The lowest BCUT2D eigenvalue weighted by atomic mass is 9.82. The minimum atomic E-state index is -3.25. The number of halogens is 1. The molecule has 2 aromatic rings.